The van der Waals surface area contributed by atoms with E-state index in [1.165, 1.54) is 12.8 Å². The number of amides is 1. The highest BCUT2D eigenvalue weighted by Gasteiger charge is 2.29. The second kappa shape index (κ2) is 13.2. The predicted molar refractivity (Wildman–Crippen MR) is 174 cm³/mol. The van der Waals surface area contributed by atoms with Crippen molar-refractivity contribution in [2.45, 2.75) is 44.8 Å². The van der Waals surface area contributed by atoms with Crippen molar-refractivity contribution < 1.29 is 4.79 Å². The van der Waals surface area contributed by atoms with E-state index in [4.69, 9.17) is 0 Å². The number of piperidine rings is 1. The molecule has 1 atom stereocenters. The van der Waals surface area contributed by atoms with Crippen LogP contribution in [0.5, 0.6) is 0 Å². The lowest BCUT2D eigenvalue weighted by Gasteiger charge is -2.42. The quantitative estimate of drug-likeness (QED) is 0.317. The normalized spacial score (nSPS) is 18.1. The molecule has 1 amide bonds. The summed E-state index contributed by atoms with van der Waals surface area (Å²) >= 11 is 0. The van der Waals surface area contributed by atoms with Gasteiger partial charge in [-0.15, -0.1) is 0 Å². The highest BCUT2D eigenvalue weighted by Crippen LogP contribution is 2.27. The molecule has 3 heterocycles. The van der Waals surface area contributed by atoms with E-state index >= 15 is 0 Å². The number of benzene rings is 3. The molecule has 4 aromatic rings. The van der Waals surface area contributed by atoms with Gasteiger partial charge < -0.3 is 10.2 Å². The summed E-state index contributed by atoms with van der Waals surface area (Å²) in [7, 11) is 2.21. The maximum Gasteiger partial charge on any atom is 0.263 e. The van der Waals surface area contributed by atoms with Crippen LogP contribution in [0.4, 0.5) is 0 Å². The van der Waals surface area contributed by atoms with E-state index in [0.29, 0.717) is 28.9 Å². The molecule has 7 heteroatoms. The van der Waals surface area contributed by atoms with Gasteiger partial charge in [0, 0.05) is 55.2 Å². The summed E-state index contributed by atoms with van der Waals surface area (Å²) in [4.78, 5) is 36.0. The molecular weight excluding hydrogens is 534 g/mol. The molecule has 2 saturated heterocycles. The summed E-state index contributed by atoms with van der Waals surface area (Å²) < 4.78 is 1.78. The van der Waals surface area contributed by atoms with Crippen molar-refractivity contribution in [2.75, 3.05) is 46.3 Å². The molecule has 2 aliphatic rings. The average molecular weight is 578 g/mol. The molecular formula is C36H43N5O2. The Hall–Kier alpha value is -3.78. The third-order valence-electron chi connectivity index (χ3n) is 9.33. The van der Waals surface area contributed by atoms with Crippen LogP contribution >= 0.6 is 0 Å². The summed E-state index contributed by atoms with van der Waals surface area (Å²) in [6, 6.07) is 28.0. The van der Waals surface area contributed by atoms with Gasteiger partial charge in [0.2, 0.25) is 0 Å². The van der Waals surface area contributed by atoms with Crippen LogP contribution in [-0.2, 0) is 6.54 Å². The van der Waals surface area contributed by atoms with Crippen LogP contribution in [0.3, 0.4) is 0 Å². The number of nitrogens with one attached hydrogen (secondary N) is 1. The molecule has 0 radical (unpaired) electrons. The van der Waals surface area contributed by atoms with Gasteiger partial charge in [-0.2, -0.15) is 0 Å². The molecule has 43 heavy (non-hydrogen) atoms. The smallest absolute Gasteiger partial charge is 0.263 e. The van der Waals surface area contributed by atoms with Gasteiger partial charge in [0.05, 0.1) is 17.3 Å². The monoisotopic (exact) mass is 577 g/mol. The zero-order valence-corrected chi connectivity index (χ0v) is 25.4. The third kappa shape index (κ3) is 6.30. The van der Waals surface area contributed by atoms with Gasteiger partial charge >= 0.3 is 0 Å². The van der Waals surface area contributed by atoms with Gasteiger partial charge in [0.1, 0.15) is 0 Å². The minimum Gasteiger partial charge on any atom is -0.345 e. The number of hydrogen-bond acceptors (Lipinski definition) is 5. The summed E-state index contributed by atoms with van der Waals surface area (Å²) in [5.74, 6) is -0.142. The Morgan fingerprint density at radius 3 is 2.07 bits per heavy atom. The van der Waals surface area contributed by atoms with Gasteiger partial charge in [-0.05, 0) is 63.2 Å². The number of piperazine rings is 1. The number of carbonyl (C=O) groups excluding carboxylic acids is 1. The van der Waals surface area contributed by atoms with Gasteiger partial charge in [-0.3, -0.25) is 24.0 Å². The van der Waals surface area contributed by atoms with E-state index in [2.05, 4.69) is 46.1 Å². The Bertz CT molecular complexity index is 1590. The topological polar surface area (TPSA) is 60.8 Å². The van der Waals surface area contributed by atoms with Crippen LogP contribution < -0.4 is 10.9 Å². The standard InChI is InChI=1S/C36H43N5O2/c1-3-32(27-12-6-4-7-13-27)37-35(42)34-30-16-10-11-17-31(30)36(43)41(29-14-8-5-9-15-29)33(34)26-39-22-24-40(25-23-39)28-18-20-38(2)21-19-28/h4-17,28,32H,3,18-26H2,1-2H3,(H,37,42)/t32-/m0/s1. The molecule has 1 N–H and O–H groups in total. The molecule has 224 valence electrons. The fourth-order valence-electron chi connectivity index (χ4n) is 6.85. The van der Waals surface area contributed by atoms with Gasteiger partial charge in [-0.1, -0.05) is 73.7 Å². The Kier molecular flexibility index (Phi) is 9.03. The van der Waals surface area contributed by atoms with Crippen LogP contribution in [0.2, 0.25) is 0 Å². The summed E-state index contributed by atoms with van der Waals surface area (Å²) in [5.41, 5.74) is 3.11. The van der Waals surface area contributed by atoms with Crippen LogP contribution in [-0.4, -0.2) is 77.5 Å². The third-order valence-corrected chi connectivity index (χ3v) is 9.33. The lowest BCUT2D eigenvalue weighted by Crippen LogP contribution is -2.52. The van der Waals surface area contributed by atoms with Crippen molar-refractivity contribution in [3.8, 4) is 5.69 Å². The fraction of sp³-hybridized carbons (Fsp3) is 0.389. The first kappa shape index (κ1) is 29.3. The zero-order valence-electron chi connectivity index (χ0n) is 25.4. The molecule has 0 saturated carbocycles. The van der Waals surface area contributed by atoms with E-state index in [1.807, 2.05) is 72.8 Å². The Morgan fingerprint density at radius 1 is 0.814 bits per heavy atom. The SMILES string of the molecule is CC[C@H](NC(=O)c1c(CN2CCN(C3CCN(C)CC3)CC2)n(-c2ccccc2)c(=O)c2ccccc12)c1ccccc1. The zero-order chi connectivity index (χ0) is 29.8. The maximum absolute atomic E-state index is 14.4. The van der Waals surface area contributed by atoms with Crippen LogP contribution in [0.1, 0.15) is 53.8 Å². The van der Waals surface area contributed by atoms with Gasteiger partial charge in [-0.25, -0.2) is 0 Å². The van der Waals surface area contributed by atoms with E-state index in [1.54, 1.807) is 4.57 Å². The van der Waals surface area contributed by atoms with Crippen molar-refractivity contribution >= 4 is 16.7 Å². The first-order chi connectivity index (χ1) is 21.0. The van der Waals surface area contributed by atoms with Crippen molar-refractivity contribution in [1.29, 1.82) is 0 Å². The fourth-order valence-corrected chi connectivity index (χ4v) is 6.85. The first-order valence-electron chi connectivity index (χ1n) is 15.8. The predicted octanol–water partition coefficient (Wildman–Crippen LogP) is 5.08. The number of pyridine rings is 1. The summed E-state index contributed by atoms with van der Waals surface area (Å²) in [6.07, 6.45) is 3.21. The molecule has 0 bridgehead atoms. The lowest BCUT2D eigenvalue weighted by molar-refractivity contribution is 0.0609. The van der Waals surface area contributed by atoms with Crippen molar-refractivity contribution in [3.05, 3.63) is 112 Å². The van der Waals surface area contributed by atoms with Crippen molar-refractivity contribution in [2.24, 2.45) is 0 Å². The molecule has 1 aromatic heterocycles. The number of aromatic nitrogens is 1. The second-order valence-electron chi connectivity index (χ2n) is 12.0. The van der Waals surface area contributed by atoms with Crippen LogP contribution in [0.15, 0.2) is 89.7 Å². The van der Waals surface area contributed by atoms with Gasteiger partial charge in [0.15, 0.2) is 0 Å². The molecule has 6 rings (SSSR count). The van der Waals surface area contributed by atoms with Crippen LogP contribution in [0.25, 0.3) is 16.5 Å². The van der Waals surface area contributed by atoms with E-state index in [-0.39, 0.29) is 17.5 Å². The lowest BCUT2D eigenvalue weighted by atomic mass is 9.99. The minimum absolute atomic E-state index is 0.0894. The number of carbonyl (C=O) groups is 1. The highest BCUT2D eigenvalue weighted by molar-refractivity contribution is 6.08. The highest BCUT2D eigenvalue weighted by atomic mass is 16.2. The minimum atomic E-state index is -0.142. The van der Waals surface area contributed by atoms with Crippen LogP contribution in [0, 0.1) is 0 Å². The molecule has 3 aromatic carbocycles. The molecule has 0 unspecified atom stereocenters. The molecule has 0 spiro atoms. The Morgan fingerprint density at radius 2 is 1.42 bits per heavy atom. The average Bonchev–Trinajstić information content (AvgIpc) is 3.05. The van der Waals surface area contributed by atoms with Gasteiger partial charge in [0.25, 0.3) is 11.5 Å². The Labute approximate surface area is 254 Å². The number of para-hydroxylation sites is 1. The molecule has 0 aliphatic carbocycles. The molecule has 2 aliphatic heterocycles. The second-order valence-corrected chi connectivity index (χ2v) is 12.0. The number of rotatable bonds is 8. The first-order valence-corrected chi connectivity index (χ1v) is 15.8. The molecule has 2 fully saturated rings. The maximum atomic E-state index is 14.4. The largest absolute Gasteiger partial charge is 0.345 e. The van der Waals surface area contributed by atoms with E-state index in [0.717, 1.165) is 62.6 Å². The summed E-state index contributed by atoms with van der Waals surface area (Å²) in [6.45, 7) is 8.76. The number of likely N-dealkylation sites (tertiary alicyclic amines) is 1. The Balaban J connectivity index is 1.38. The van der Waals surface area contributed by atoms with Crippen molar-refractivity contribution in [3.63, 3.8) is 0 Å². The van der Waals surface area contributed by atoms with Crippen molar-refractivity contribution in [1.82, 2.24) is 24.6 Å². The number of hydrogen-bond donors (Lipinski definition) is 1. The number of nitrogens with zero attached hydrogens (tertiary/aromatic N) is 4. The molecule has 7 nitrogen and oxygen atoms in total. The van der Waals surface area contributed by atoms with E-state index in [9.17, 15) is 9.59 Å². The number of fused-ring (bicyclic) bond motifs is 1. The van der Waals surface area contributed by atoms with E-state index < -0.39 is 0 Å². The summed E-state index contributed by atoms with van der Waals surface area (Å²) in [5, 5.41) is 4.60.